The molecule has 3 N–H and O–H groups in total. The van der Waals surface area contributed by atoms with Gasteiger partial charge in [-0.25, -0.2) is 0 Å². The third kappa shape index (κ3) is 9.04. The monoisotopic (exact) mass is 659 g/mol. The van der Waals surface area contributed by atoms with E-state index >= 15 is 0 Å². The molecular weight excluding hydrogens is 621 g/mol. The van der Waals surface area contributed by atoms with Crippen molar-refractivity contribution in [3.63, 3.8) is 0 Å². The van der Waals surface area contributed by atoms with Crippen LogP contribution in [0.4, 0.5) is 0 Å². The highest BCUT2D eigenvalue weighted by molar-refractivity contribution is 6.76. The number of hydrogen-bond donors (Lipinski definition) is 3. The predicted octanol–water partition coefficient (Wildman–Crippen LogP) is 4.17. The number of carbonyl (C=O) groups excluding carboxylic acids is 1. The lowest BCUT2D eigenvalue weighted by molar-refractivity contribution is -0.326. The summed E-state index contributed by atoms with van der Waals surface area (Å²) in [7, 11) is 0. The molecule has 1 amide bonds. The first-order chi connectivity index (χ1) is 20.5. The minimum Gasteiger partial charge on any atom is -0.394 e. The summed E-state index contributed by atoms with van der Waals surface area (Å²) in [5.41, 5.74) is 1.96. The fourth-order valence-electron chi connectivity index (χ4n) is 5.51. The van der Waals surface area contributed by atoms with E-state index in [9.17, 15) is 15.0 Å². The minimum absolute atomic E-state index is 0.249. The van der Waals surface area contributed by atoms with Gasteiger partial charge >= 0.3 is 0 Å². The Morgan fingerprint density at radius 2 is 1.49 bits per heavy atom. The smallest absolute Gasteiger partial charge is 0.272 e. The second kappa shape index (κ2) is 15.7. The lowest BCUT2D eigenvalue weighted by Gasteiger charge is -2.49. The van der Waals surface area contributed by atoms with E-state index in [-0.39, 0.29) is 19.1 Å². The molecule has 2 saturated heterocycles. The fourth-order valence-corrected chi connectivity index (χ4v) is 5.68. The first-order valence-corrected chi connectivity index (χ1v) is 15.5. The largest absolute Gasteiger partial charge is 0.394 e. The van der Waals surface area contributed by atoms with Crippen LogP contribution in [-0.4, -0.2) is 82.1 Å². The van der Waals surface area contributed by atoms with E-state index in [0.29, 0.717) is 6.61 Å². The van der Waals surface area contributed by atoms with Crippen LogP contribution in [0.2, 0.25) is 0 Å². The highest BCUT2D eigenvalue weighted by Gasteiger charge is 2.50. The maximum atomic E-state index is 12.8. The number of hydrogen-bond acceptors (Lipinski definition) is 8. The van der Waals surface area contributed by atoms with Gasteiger partial charge in [0.05, 0.1) is 56.9 Å². The van der Waals surface area contributed by atoms with Gasteiger partial charge in [-0.1, -0.05) is 109 Å². The van der Waals surface area contributed by atoms with Crippen LogP contribution >= 0.6 is 34.8 Å². The highest BCUT2D eigenvalue weighted by Crippen LogP contribution is 2.36. The molecule has 0 radical (unpaired) electrons. The summed E-state index contributed by atoms with van der Waals surface area (Å²) in [5.74, 6) is -1.61. The SMILES string of the molecule is C[C@@H]1OC(COCc2ccccc2)[C@H](C)[C@H](O[C@@H]2OC(CO)[C@H](O)[C@H](C)C2OCc2ccccc2)C1NC(=O)C(Cl)(Cl)Cl. The average Bonchev–Trinajstić information content (AvgIpc) is 2.99. The number of benzene rings is 2. The number of halogens is 3. The molecule has 2 fully saturated rings. The van der Waals surface area contributed by atoms with Crippen molar-refractivity contribution in [2.75, 3.05) is 13.2 Å². The van der Waals surface area contributed by atoms with Gasteiger partial charge in [-0.3, -0.25) is 4.79 Å². The molecule has 0 spiro atoms. The molecule has 0 aromatic heterocycles. The first-order valence-electron chi connectivity index (χ1n) is 14.4. The predicted molar refractivity (Wildman–Crippen MR) is 163 cm³/mol. The van der Waals surface area contributed by atoms with Gasteiger partial charge in [-0.05, 0) is 18.1 Å². The summed E-state index contributed by atoms with van der Waals surface area (Å²) in [4.78, 5) is 12.8. The summed E-state index contributed by atoms with van der Waals surface area (Å²) in [6.07, 6.45) is -5.28. The Bertz CT molecular complexity index is 1140. The zero-order chi connectivity index (χ0) is 31.1. The van der Waals surface area contributed by atoms with E-state index < -0.39 is 71.2 Å². The number of aliphatic hydroxyl groups excluding tert-OH is 2. The van der Waals surface area contributed by atoms with Crippen molar-refractivity contribution < 1.29 is 38.7 Å². The fraction of sp³-hybridized carbons (Fsp3) is 0.581. The van der Waals surface area contributed by atoms with Gasteiger partial charge in [0.2, 0.25) is 0 Å². The average molecular weight is 661 g/mol. The Balaban J connectivity index is 1.56. The number of rotatable bonds is 11. The molecule has 238 valence electrons. The third-order valence-electron chi connectivity index (χ3n) is 8.07. The number of amides is 1. The zero-order valence-electron chi connectivity index (χ0n) is 24.4. The van der Waals surface area contributed by atoms with Gasteiger partial charge < -0.3 is 39.2 Å². The molecule has 4 unspecified atom stereocenters. The van der Waals surface area contributed by atoms with Gasteiger partial charge in [0.15, 0.2) is 6.29 Å². The second-order valence-corrected chi connectivity index (χ2v) is 13.5. The van der Waals surface area contributed by atoms with Crippen LogP contribution in [0.15, 0.2) is 60.7 Å². The molecule has 0 bridgehead atoms. The maximum Gasteiger partial charge on any atom is 0.272 e. The Morgan fingerprint density at radius 3 is 2.07 bits per heavy atom. The van der Waals surface area contributed by atoms with Crippen LogP contribution in [0.25, 0.3) is 0 Å². The van der Waals surface area contributed by atoms with Crippen molar-refractivity contribution in [3.05, 3.63) is 71.8 Å². The summed E-state index contributed by atoms with van der Waals surface area (Å²) < 4.78 is 29.1. The Morgan fingerprint density at radius 1 is 0.884 bits per heavy atom. The molecule has 2 aliphatic heterocycles. The van der Waals surface area contributed by atoms with Gasteiger partial charge in [0.1, 0.15) is 12.2 Å². The highest BCUT2D eigenvalue weighted by atomic mass is 35.6. The molecule has 2 aromatic carbocycles. The number of nitrogens with one attached hydrogen (secondary N) is 1. The number of ether oxygens (including phenoxy) is 5. The summed E-state index contributed by atoms with van der Waals surface area (Å²) in [6, 6.07) is 18.6. The summed E-state index contributed by atoms with van der Waals surface area (Å²) in [6.45, 7) is 6.03. The van der Waals surface area contributed by atoms with Crippen molar-refractivity contribution in [2.24, 2.45) is 11.8 Å². The van der Waals surface area contributed by atoms with Crippen LogP contribution in [0.1, 0.15) is 31.9 Å². The number of alkyl halides is 3. The van der Waals surface area contributed by atoms with Gasteiger partial charge in [-0.2, -0.15) is 0 Å². The third-order valence-corrected chi connectivity index (χ3v) is 8.59. The van der Waals surface area contributed by atoms with Crippen molar-refractivity contribution in [3.8, 4) is 0 Å². The summed E-state index contributed by atoms with van der Waals surface area (Å²) in [5, 5.41) is 23.6. The number of aliphatic hydroxyl groups is 2. The topological polar surface area (TPSA) is 116 Å². The Kier molecular flexibility index (Phi) is 12.5. The molecule has 12 heteroatoms. The lowest BCUT2D eigenvalue weighted by Crippen LogP contribution is -2.65. The van der Waals surface area contributed by atoms with E-state index in [1.54, 1.807) is 6.92 Å². The molecule has 2 aliphatic rings. The van der Waals surface area contributed by atoms with E-state index in [1.807, 2.05) is 74.5 Å². The van der Waals surface area contributed by atoms with Crippen LogP contribution in [0.5, 0.6) is 0 Å². The van der Waals surface area contributed by atoms with Crippen molar-refractivity contribution >= 4 is 40.7 Å². The van der Waals surface area contributed by atoms with E-state index in [2.05, 4.69) is 5.32 Å². The quantitative estimate of drug-likeness (QED) is 0.308. The first kappa shape index (κ1) is 34.4. The lowest BCUT2D eigenvalue weighted by atomic mass is 9.86. The van der Waals surface area contributed by atoms with Crippen molar-refractivity contribution in [1.29, 1.82) is 0 Å². The van der Waals surface area contributed by atoms with Gasteiger partial charge in [-0.15, -0.1) is 0 Å². The van der Waals surface area contributed by atoms with Crippen LogP contribution in [0.3, 0.4) is 0 Å². The van der Waals surface area contributed by atoms with Crippen LogP contribution in [0, 0.1) is 11.8 Å². The van der Waals surface area contributed by atoms with Gasteiger partial charge in [0, 0.05) is 11.8 Å². The second-order valence-electron chi connectivity index (χ2n) is 11.2. The van der Waals surface area contributed by atoms with E-state index in [1.165, 1.54) is 0 Å². The molecule has 2 aromatic rings. The van der Waals surface area contributed by atoms with Crippen LogP contribution < -0.4 is 5.32 Å². The summed E-state index contributed by atoms with van der Waals surface area (Å²) >= 11 is 17.7. The van der Waals surface area contributed by atoms with E-state index in [0.717, 1.165) is 11.1 Å². The van der Waals surface area contributed by atoms with Gasteiger partial charge in [0.25, 0.3) is 9.70 Å². The normalized spacial score (nSPS) is 33.2. The Hall–Kier alpha value is -1.50. The van der Waals surface area contributed by atoms with E-state index in [4.69, 9.17) is 58.5 Å². The molecule has 4 rings (SSSR count). The molecular formula is C31H40Cl3NO8. The minimum atomic E-state index is -2.20. The molecule has 0 saturated carbocycles. The zero-order valence-corrected chi connectivity index (χ0v) is 26.6. The molecule has 9 nitrogen and oxygen atoms in total. The molecule has 0 aliphatic carbocycles. The van der Waals surface area contributed by atoms with Crippen LogP contribution in [-0.2, 0) is 41.7 Å². The standard InChI is InChI=1S/C31H40Cl3NO8/c1-18-24(17-39-15-21-10-6-4-7-11-21)41-20(3)25(35-30(38)31(32,33)34)27(18)43-29-28(19(2)26(37)23(14-36)42-29)40-16-22-12-8-5-9-13-22/h4-13,18-20,23-29,36-37H,14-17H2,1-3H3,(H,35,38)/t18-,19-,20-,23?,24?,25?,26+,27-,28?,29-/m0/s1. The maximum absolute atomic E-state index is 12.8. The molecule has 10 atom stereocenters. The van der Waals surface area contributed by atoms with Crippen molar-refractivity contribution in [1.82, 2.24) is 5.32 Å². The molecule has 2 heterocycles. The molecule has 43 heavy (non-hydrogen) atoms. The Labute approximate surface area is 267 Å². The number of carbonyl (C=O) groups is 1. The van der Waals surface area contributed by atoms with Crippen molar-refractivity contribution in [2.45, 2.75) is 86.7 Å².